The van der Waals surface area contributed by atoms with Crippen molar-refractivity contribution in [1.29, 1.82) is 0 Å². The highest BCUT2D eigenvalue weighted by atomic mass is 79.9. The highest BCUT2D eigenvalue weighted by Crippen LogP contribution is 2.31. The number of hydrogen-bond donors (Lipinski definition) is 0. The van der Waals surface area contributed by atoms with Crippen LogP contribution in [0.1, 0.15) is 43.5 Å². The maximum absolute atomic E-state index is 11.7. The third-order valence-corrected chi connectivity index (χ3v) is 4.16. The Labute approximate surface area is 117 Å². The standard InChI is InChI=1S/C15H20BrNO/c1-3-4-12-7-8-17(10-12)15-9-13(16)5-6-14(15)11(2)18/h5-6,9,12H,3-4,7-8,10H2,1-2H3. The average molecular weight is 310 g/mol. The van der Waals surface area contributed by atoms with E-state index in [1.165, 1.54) is 19.3 Å². The fraction of sp³-hybridized carbons (Fsp3) is 0.533. The lowest BCUT2D eigenvalue weighted by atomic mass is 10.0. The van der Waals surface area contributed by atoms with Gasteiger partial charge >= 0.3 is 0 Å². The van der Waals surface area contributed by atoms with Gasteiger partial charge in [0, 0.05) is 28.8 Å². The van der Waals surface area contributed by atoms with Crippen LogP contribution >= 0.6 is 15.9 Å². The van der Waals surface area contributed by atoms with Crippen molar-refractivity contribution < 1.29 is 4.79 Å². The lowest BCUT2D eigenvalue weighted by Crippen LogP contribution is -2.21. The number of halogens is 1. The summed E-state index contributed by atoms with van der Waals surface area (Å²) < 4.78 is 1.04. The van der Waals surface area contributed by atoms with E-state index >= 15 is 0 Å². The molecule has 98 valence electrons. The quantitative estimate of drug-likeness (QED) is 0.774. The van der Waals surface area contributed by atoms with E-state index in [9.17, 15) is 4.79 Å². The van der Waals surface area contributed by atoms with Crippen LogP contribution in [0.3, 0.4) is 0 Å². The molecule has 2 nitrogen and oxygen atoms in total. The molecule has 1 aromatic rings. The number of nitrogens with zero attached hydrogens (tertiary/aromatic N) is 1. The summed E-state index contributed by atoms with van der Waals surface area (Å²) in [5.41, 5.74) is 1.94. The van der Waals surface area contributed by atoms with Gasteiger partial charge in [0.2, 0.25) is 0 Å². The van der Waals surface area contributed by atoms with Crippen molar-refractivity contribution >= 4 is 27.4 Å². The Bertz CT molecular complexity index is 444. The Hall–Kier alpha value is -0.830. The van der Waals surface area contributed by atoms with Crippen LogP contribution in [-0.2, 0) is 0 Å². The number of anilines is 1. The van der Waals surface area contributed by atoms with Crippen LogP contribution in [0.5, 0.6) is 0 Å². The van der Waals surface area contributed by atoms with Crippen LogP contribution in [-0.4, -0.2) is 18.9 Å². The minimum atomic E-state index is 0.149. The molecule has 1 saturated heterocycles. The molecule has 0 aliphatic carbocycles. The molecule has 18 heavy (non-hydrogen) atoms. The number of benzene rings is 1. The minimum Gasteiger partial charge on any atom is -0.371 e. The summed E-state index contributed by atoms with van der Waals surface area (Å²) in [7, 11) is 0. The molecule has 1 unspecified atom stereocenters. The molecule has 0 N–H and O–H groups in total. The van der Waals surface area contributed by atoms with E-state index in [4.69, 9.17) is 0 Å². The van der Waals surface area contributed by atoms with Crippen molar-refractivity contribution in [3.8, 4) is 0 Å². The average Bonchev–Trinajstić information content (AvgIpc) is 2.77. The van der Waals surface area contributed by atoms with E-state index in [-0.39, 0.29) is 5.78 Å². The van der Waals surface area contributed by atoms with Crippen LogP contribution in [0.2, 0.25) is 0 Å². The molecule has 0 amide bonds. The van der Waals surface area contributed by atoms with Gasteiger partial charge in [0.05, 0.1) is 0 Å². The zero-order valence-electron chi connectivity index (χ0n) is 11.1. The summed E-state index contributed by atoms with van der Waals surface area (Å²) in [6, 6.07) is 5.94. The molecular weight excluding hydrogens is 290 g/mol. The van der Waals surface area contributed by atoms with Gasteiger partial charge in [-0.25, -0.2) is 0 Å². The van der Waals surface area contributed by atoms with Crippen LogP contribution in [0.4, 0.5) is 5.69 Å². The molecule has 1 aromatic carbocycles. The van der Waals surface area contributed by atoms with E-state index in [0.29, 0.717) is 0 Å². The molecule has 0 radical (unpaired) electrons. The first-order valence-corrected chi connectivity index (χ1v) is 7.46. The predicted octanol–water partition coefficient (Wildman–Crippen LogP) is 4.28. The van der Waals surface area contributed by atoms with Gasteiger partial charge in [0.25, 0.3) is 0 Å². The number of rotatable bonds is 4. The monoisotopic (exact) mass is 309 g/mol. The van der Waals surface area contributed by atoms with Crippen LogP contribution in [0.25, 0.3) is 0 Å². The molecule has 1 aliphatic heterocycles. The van der Waals surface area contributed by atoms with Crippen LogP contribution in [0, 0.1) is 5.92 Å². The van der Waals surface area contributed by atoms with E-state index in [1.807, 2.05) is 12.1 Å². The van der Waals surface area contributed by atoms with Gasteiger partial charge in [0.15, 0.2) is 5.78 Å². The van der Waals surface area contributed by atoms with Crippen molar-refractivity contribution in [2.24, 2.45) is 5.92 Å². The third kappa shape index (κ3) is 2.94. The smallest absolute Gasteiger partial charge is 0.161 e. The molecule has 1 atom stereocenters. The van der Waals surface area contributed by atoms with Gasteiger partial charge in [-0.3, -0.25) is 4.79 Å². The molecule has 1 aliphatic rings. The topological polar surface area (TPSA) is 20.3 Å². The molecule has 0 saturated carbocycles. The highest BCUT2D eigenvalue weighted by molar-refractivity contribution is 9.10. The number of carbonyl (C=O) groups excluding carboxylic acids is 1. The molecule has 0 aromatic heterocycles. The molecule has 2 rings (SSSR count). The largest absolute Gasteiger partial charge is 0.371 e. The first-order valence-electron chi connectivity index (χ1n) is 6.67. The number of Topliss-reactive ketones (excluding diaryl/α,β-unsaturated/α-hetero) is 1. The first-order chi connectivity index (χ1) is 8.61. The number of hydrogen-bond acceptors (Lipinski definition) is 2. The fourth-order valence-corrected chi connectivity index (χ4v) is 3.11. The third-order valence-electron chi connectivity index (χ3n) is 3.66. The van der Waals surface area contributed by atoms with Crippen molar-refractivity contribution in [2.75, 3.05) is 18.0 Å². The maximum Gasteiger partial charge on any atom is 0.161 e. The van der Waals surface area contributed by atoms with E-state index < -0.39 is 0 Å². The van der Waals surface area contributed by atoms with Crippen molar-refractivity contribution in [1.82, 2.24) is 0 Å². The molecule has 1 heterocycles. The summed E-state index contributed by atoms with van der Waals surface area (Å²) in [4.78, 5) is 14.1. The number of ketones is 1. The van der Waals surface area contributed by atoms with Crippen molar-refractivity contribution in [3.05, 3.63) is 28.2 Å². The van der Waals surface area contributed by atoms with Gasteiger partial charge in [-0.2, -0.15) is 0 Å². The van der Waals surface area contributed by atoms with E-state index in [0.717, 1.165) is 34.7 Å². The first kappa shape index (κ1) is 13.6. The second kappa shape index (κ2) is 5.87. The Morgan fingerprint density at radius 2 is 2.28 bits per heavy atom. The lowest BCUT2D eigenvalue weighted by molar-refractivity contribution is 0.101. The Balaban J connectivity index is 2.23. The van der Waals surface area contributed by atoms with Crippen LogP contribution in [0.15, 0.2) is 22.7 Å². The fourth-order valence-electron chi connectivity index (χ4n) is 2.76. The van der Waals surface area contributed by atoms with Gasteiger partial charge in [-0.15, -0.1) is 0 Å². The summed E-state index contributed by atoms with van der Waals surface area (Å²) in [6.45, 7) is 6.04. The van der Waals surface area contributed by atoms with Crippen molar-refractivity contribution in [3.63, 3.8) is 0 Å². The zero-order valence-corrected chi connectivity index (χ0v) is 12.7. The molecule has 3 heteroatoms. The van der Waals surface area contributed by atoms with Crippen LogP contribution < -0.4 is 4.90 Å². The summed E-state index contributed by atoms with van der Waals surface area (Å²) in [5, 5.41) is 0. The van der Waals surface area contributed by atoms with E-state index in [2.05, 4.69) is 33.8 Å². The van der Waals surface area contributed by atoms with Crippen molar-refractivity contribution in [2.45, 2.75) is 33.1 Å². The highest BCUT2D eigenvalue weighted by Gasteiger charge is 2.24. The van der Waals surface area contributed by atoms with E-state index in [1.54, 1.807) is 6.92 Å². The van der Waals surface area contributed by atoms with Gasteiger partial charge in [-0.05, 0) is 43.9 Å². The minimum absolute atomic E-state index is 0.149. The Kier molecular flexibility index (Phi) is 4.44. The molecule has 1 fully saturated rings. The Morgan fingerprint density at radius 3 is 2.94 bits per heavy atom. The van der Waals surface area contributed by atoms with Gasteiger partial charge < -0.3 is 4.90 Å². The Morgan fingerprint density at radius 1 is 1.50 bits per heavy atom. The second-order valence-electron chi connectivity index (χ2n) is 5.11. The summed E-state index contributed by atoms with van der Waals surface area (Å²) in [6.07, 6.45) is 3.79. The predicted molar refractivity (Wildman–Crippen MR) is 79.4 cm³/mol. The molecule has 0 spiro atoms. The maximum atomic E-state index is 11.7. The normalized spacial score (nSPS) is 19.3. The number of carbonyl (C=O) groups is 1. The van der Waals surface area contributed by atoms with Gasteiger partial charge in [-0.1, -0.05) is 29.3 Å². The summed E-state index contributed by atoms with van der Waals surface area (Å²) in [5.74, 6) is 0.935. The molecule has 0 bridgehead atoms. The molecular formula is C15H20BrNO. The SMILES string of the molecule is CCCC1CCN(c2cc(Br)ccc2C(C)=O)C1. The zero-order chi connectivity index (χ0) is 13.1. The summed E-state index contributed by atoms with van der Waals surface area (Å²) >= 11 is 3.50. The van der Waals surface area contributed by atoms with Gasteiger partial charge in [0.1, 0.15) is 0 Å². The second-order valence-corrected chi connectivity index (χ2v) is 6.02. The lowest BCUT2D eigenvalue weighted by Gasteiger charge is -2.21.